The molecule has 0 saturated heterocycles. The summed E-state index contributed by atoms with van der Waals surface area (Å²) in [6.07, 6.45) is -5.65. The molecule has 1 unspecified atom stereocenters. The zero-order valence-corrected chi connectivity index (χ0v) is 11.0. The third-order valence-corrected chi connectivity index (χ3v) is 3.01. The molecule has 1 aliphatic rings. The number of anilines is 1. The van der Waals surface area contributed by atoms with Crippen molar-refractivity contribution in [3.63, 3.8) is 0 Å². The first-order chi connectivity index (χ1) is 9.18. The molecule has 1 heterocycles. The Morgan fingerprint density at radius 3 is 2.55 bits per heavy atom. The van der Waals surface area contributed by atoms with Crippen molar-refractivity contribution in [1.82, 2.24) is 0 Å². The van der Waals surface area contributed by atoms with E-state index in [0.717, 1.165) is 6.08 Å². The molecular weight excluding hydrogens is 322 g/mol. The second-order valence-electron chi connectivity index (χ2n) is 3.89. The van der Waals surface area contributed by atoms with Gasteiger partial charge in [0.2, 0.25) is 0 Å². The summed E-state index contributed by atoms with van der Waals surface area (Å²) >= 11 is 11.6. The molecule has 2 N–H and O–H groups in total. The summed E-state index contributed by atoms with van der Waals surface area (Å²) in [4.78, 5) is 10.5. The number of carbonyl (C=O) groups is 1. The van der Waals surface area contributed by atoms with Crippen molar-refractivity contribution in [2.24, 2.45) is 0 Å². The Balaban J connectivity index is 2.53. The zero-order valence-electron chi connectivity index (χ0n) is 9.46. The average molecular weight is 328 g/mol. The van der Waals surface area contributed by atoms with Crippen molar-refractivity contribution in [2.45, 2.75) is 12.2 Å². The smallest absolute Gasteiger partial charge is 0.449 e. The van der Waals surface area contributed by atoms with E-state index in [1.165, 1.54) is 12.1 Å². The summed E-state index contributed by atoms with van der Waals surface area (Å²) < 4.78 is 42.9. The largest absolute Gasteiger partial charge is 0.511 e. The van der Waals surface area contributed by atoms with E-state index < -0.39 is 24.1 Å². The standard InChI is InChI=1S/C11H6Cl2F3NO3/c12-5-1-4-2-7(20-10(18)19)9(11(14,15)16)17-8(4)6(13)3-5/h1-3,9,17H,(H,18,19). The number of fused-ring (bicyclic) bond motifs is 1. The number of nitrogens with one attached hydrogen (secondary N) is 1. The van der Waals surface area contributed by atoms with Crippen LogP contribution in [0.5, 0.6) is 0 Å². The molecule has 1 aliphatic heterocycles. The second-order valence-corrected chi connectivity index (χ2v) is 4.73. The molecule has 108 valence electrons. The van der Waals surface area contributed by atoms with Crippen LogP contribution in [0.3, 0.4) is 0 Å². The minimum absolute atomic E-state index is 0.00706. The van der Waals surface area contributed by atoms with Crippen LogP contribution in [0, 0.1) is 0 Å². The maximum atomic E-state index is 12.9. The van der Waals surface area contributed by atoms with Gasteiger partial charge in [-0.25, -0.2) is 4.79 Å². The van der Waals surface area contributed by atoms with E-state index in [1.54, 1.807) is 0 Å². The molecule has 0 spiro atoms. The highest BCUT2D eigenvalue weighted by atomic mass is 35.5. The molecule has 0 saturated carbocycles. The minimum atomic E-state index is -4.75. The zero-order chi connectivity index (χ0) is 15.1. The van der Waals surface area contributed by atoms with Crippen molar-refractivity contribution in [3.05, 3.63) is 33.5 Å². The second kappa shape index (κ2) is 5.06. The van der Waals surface area contributed by atoms with Crippen LogP contribution in [0.25, 0.3) is 6.08 Å². The predicted molar refractivity (Wildman–Crippen MR) is 67.0 cm³/mol. The fraction of sp³-hybridized carbons (Fsp3) is 0.182. The maximum absolute atomic E-state index is 12.9. The molecule has 0 aliphatic carbocycles. The van der Waals surface area contributed by atoms with Crippen molar-refractivity contribution in [1.29, 1.82) is 0 Å². The molecule has 0 aromatic heterocycles. The number of alkyl halides is 3. The molecule has 0 fully saturated rings. The van der Waals surface area contributed by atoms with Crippen LogP contribution in [-0.4, -0.2) is 23.5 Å². The van der Waals surface area contributed by atoms with E-state index in [4.69, 9.17) is 28.3 Å². The van der Waals surface area contributed by atoms with Gasteiger partial charge in [0.25, 0.3) is 0 Å². The molecule has 0 amide bonds. The van der Waals surface area contributed by atoms with Crippen LogP contribution >= 0.6 is 23.2 Å². The number of rotatable bonds is 1. The lowest BCUT2D eigenvalue weighted by Crippen LogP contribution is -2.41. The molecule has 1 aromatic carbocycles. The van der Waals surface area contributed by atoms with Gasteiger partial charge in [-0.05, 0) is 18.2 Å². The molecule has 1 aromatic rings. The predicted octanol–water partition coefficient (Wildman–Crippen LogP) is 4.39. The Hall–Kier alpha value is -1.60. The van der Waals surface area contributed by atoms with E-state index in [2.05, 4.69) is 10.1 Å². The summed E-state index contributed by atoms with van der Waals surface area (Å²) in [7, 11) is 0. The van der Waals surface area contributed by atoms with Crippen LogP contribution in [-0.2, 0) is 4.74 Å². The highest BCUT2D eigenvalue weighted by Crippen LogP contribution is 2.40. The number of hydrogen-bond donors (Lipinski definition) is 2. The van der Waals surface area contributed by atoms with E-state index in [-0.39, 0.29) is 21.3 Å². The van der Waals surface area contributed by atoms with E-state index in [0.29, 0.717) is 0 Å². The Kier molecular flexibility index (Phi) is 3.75. The number of benzene rings is 1. The SMILES string of the molecule is O=C(O)OC1=Cc2cc(Cl)cc(Cl)c2NC1C(F)(F)F. The maximum Gasteiger partial charge on any atom is 0.511 e. The van der Waals surface area contributed by atoms with Crippen LogP contribution in [0.15, 0.2) is 17.9 Å². The van der Waals surface area contributed by atoms with Crippen molar-refractivity contribution >= 4 is 41.1 Å². The molecule has 1 atom stereocenters. The summed E-state index contributed by atoms with van der Waals surface area (Å²) in [5, 5.41) is 10.8. The first kappa shape index (κ1) is 14.8. The fourth-order valence-electron chi connectivity index (χ4n) is 1.74. The fourth-order valence-corrected chi connectivity index (χ4v) is 2.31. The van der Waals surface area contributed by atoms with E-state index in [9.17, 15) is 18.0 Å². The summed E-state index contributed by atoms with van der Waals surface area (Å²) in [5.41, 5.74) is 0.218. The molecule has 20 heavy (non-hydrogen) atoms. The molecule has 2 rings (SSSR count). The number of ether oxygens (including phenoxy) is 1. The van der Waals surface area contributed by atoms with E-state index in [1.807, 2.05) is 0 Å². The topological polar surface area (TPSA) is 58.6 Å². The average Bonchev–Trinajstić information content (AvgIpc) is 2.25. The minimum Gasteiger partial charge on any atom is -0.449 e. The van der Waals surface area contributed by atoms with Crippen LogP contribution in [0.1, 0.15) is 5.56 Å². The Bertz CT molecular complexity index is 601. The van der Waals surface area contributed by atoms with Gasteiger partial charge in [0.15, 0.2) is 6.04 Å². The van der Waals surface area contributed by atoms with E-state index >= 15 is 0 Å². The molecule has 9 heteroatoms. The van der Waals surface area contributed by atoms with Gasteiger partial charge in [0.05, 0.1) is 10.7 Å². The lowest BCUT2D eigenvalue weighted by molar-refractivity contribution is -0.140. The molecule has 4 nitrogen and oxygen atoms in total. The Morgan fingerprint density at radius 1 is 1.35 bits per heavy atom. The molecular formula is C11H6Cl2F3NO3. The van der Waals surface area contributed by atoms with Crippen molar-refractivity contribution < 1.29 is 27.8 Å². The van der Waals surface area contributed by atoms with Gasteiger partial charge in [-0.15, -0.1) is 0 Å². The summed E-state index contributed by atoms with van der Waals surface area (Å²) in [6, 6.07) is 0.317. The normalized spacial score (nSPS) is 17.9. The van der Waals surface area contributed by atoms with Gasteiger partial charge < -0.3 is 15.2 Å². The summed E-state index contributed by atoms with van der Waals surface area (Å²) in [5.74, 6) is -0.796. The summed E-state index contributed by atoms with van der Waals surface area (Å²) in [6.45, 7) is 0. The van der Waals surface area contributed by atoms with Gasteiger partial charge in [-0.2, -0.15) is 13.2 Å². The highest BCUT2D eigenvalue weighted by Gasteiger charge is 2.46. The van der Waals surface area contributed by atoms with Gasteiger partial charge in [0, 0.05) is 10.6 Å². The monoisotopic (exact) mass is 327 g/mol. The van der Waals surface area contributed by atoms with Crippen LogP contribution in [0.4, 0.5) is 23.7 Å². The lowest BCUT2D eigenvalue weighted by Gasteiger charge is -2.29. The van der Waals surface area contributed by atoms with Gasteiger partial charge in [-0.3, -0.25) is 0 Å². The van der Waals surface area contributed by atoms with Gasteiger partial charge in [-0.1, -0.05) is 23.2 Å². The Morgan fingerprint density at radius 2 is 2.00 bits per heavy atom. The van der Waals surface area contributed by atoms with Gasteiger partial charge in [0.1, 0.15) is 5.76 Å². The molecule has 0 bridgehead atoms. The first-order valence-electron chi connectivity index (χ1n) is 5.13. The van der Waals surface area contributed by atoms with Crippen LogP contribution < -0.4 is 5.32 Å². The number of carboxylic acid groups (broad SMARTS) is 1. The number of hydrogen-bond acceptors (Lipinski definition) is 3. The third-order valence-electron chi connectivity index (χ3n) is 2.49. The lowest BCUT2D eigenvalue weighted by atomic mass is 10.0. The number of halogens is 5. The Labute approximate surface area is 120 Å². The van der Waals surface area contributed by atoms with Crippen LogP contribution in [0.2, 0.25) is 10.0 Å². The van der Waals surface area contributed by atoms with Crippen molar-refractivity contribution in [2.75, 3.05) is 5.32 Å². The quantitative estimate of drug-likeness (QED) is 0.751. The van der Waals surface area contributed by atoms with Gasteiger partial charge >= 0.3 is 12.3 Å². The molecule has 0 radical (unpaired) electrons. The van der Waals surface area contributed by atoms with Crippen molar-refractivity contribution in [3.8, 4) is 0 Å². The first-order valence-corrected chi connectivity index (χ1v) is 5.88. The third kappa shape index (κ3) is 2.94. The highest BCUT2D eigenvalue weighted by molar-refractivity contribution is 6.37.